The van der Waals surface area contributed by atoms with E-state index in [1.807, 2.05) is 6.07 Å². The number of nitrogens with zero attached hydrogens (tertiary/aromatic N) is 1. The Morgan fingerprint density at radius 1 is 1.14 bits per heavy atom. The van der Waals surface area contributed by atoms with Crippen LogP contribution in [0.15, 0.2) is 54.6 Å². The minimum atomic E-state index is -4.26. The number of methoxy groups -OCH3 is 1. The van der Waals surface area contributed by atoms with Crippen molar-refractivity contribution in [1.82, 2.24) is 4.90 Å². The molecule has 1 heterocycles. The lowest BCUT2D eigenvalue weighted by atomic mass is 9.94. The fourth-order valence-electron chi connectivity index (χ4n) is 3.56. The number of piperidine rings is 1. The molecular weight excluding hydrogens is 369 g/mol. The first-order valence-electron chi connectivity index (χ1n) is 9.19. The van der Waals surface area contributed by atoms with Crippen LogP contribution in [-0.2, 0) is 4.79 Å². The molecule has 0 spiro atoms. The normalized spacial score (nSPS) is 19.1. The third kappa shape index (κ3) is 4.84. The van der Waals surface area contributed by atoms with Gasteiger partial charge in [-0.3, -0.25) is 9.69 Å². The Bertz CT molecular complexity index is 778. The molecule has 1 amide bonds. The standard InChI is InChI=1S/C21H23F3N2O2/c1-28-18-11-9-17(10-12-18)25-20(27)19(15-6-3-2-4-7-15)26-13-5-8-16(14-26)21(22,23)24/h2-4,6-7,9-12,16,19H,5,8,13-14H2,1H3,(H,25,27)/t16-,19-/m1/s1. The number of nitrogens with one attached hydrogen (secondary N) is 1. The fraction of sp³-hybridized carbons (Fsp3) is 0.381. The van der Waals surface area contributed by atoms with Gasteiger partial charge in [-0.15, -0.1) is 0 Å². The fourth-order valence-corrected chi connectivity index (χ4v) is 3.56. The minimum absolute atomic E-state index is 0.0988. The van der Waals surface area contributed by atoms with Crippen molar-refractivity contribution in [3.8, 4) is 5.75 Å². The Morgan fingerprint density at radius 2 is 1.82 bits per heavy atom. The highest BCUT2D eigenvalue weighted by Crippen LogP contribution is 2.36. The monoisotopic (exact) mass is 392 g/mol. The molecule has 0 saturated carbocycles. The Hall–Kier alpha value is -2.54. The van der Waals surface area contributed by atoms with Gasteiger partial charge in [-0.25, -0.2) is 0 Å². The van der Waals surface area contributed by atoms with Gasteiger partial charge in [-0.1, -0.05) is 30.3 Å². The number of carbonyl (C=O) groups is 1. The maximum absolute atomic E-state index is 13.3. The second kappa shape index (κ2) is 8.65. The third-order valence-corrected chi connectivity index (χ3v) is 5.00. The number of ether oxygens (including phenoxy) is 1. The van der Waals surface area contributed by atoms with E-state index in [9.17, 15) is 18.0 Å². The van der Waals surface area contributed by atoms with E-state index in [4.69, 9.17) is 4.74 Å². The van der Waals surface area contributed by atoms with Crippen molar-refractivity contribution in [1.29, 1.82) is 0 Å². The lowest BCUT2D eigenvalue weighted by molar-refractivity contribution is -0.189. The molecule has 1 saturated heterocycles. The second-order valence-corrected chi connectivity index (χ2v) is 6.91. The predicted octanol–water partition coefficient (Wildman–Crippen LogP) is 4.65. The van der Waals surface area contributed by atoms with Crippen LogP contribution in [0.2, 0.25) is 0 Å². The van der Waals surface area contributed by atoms with Crippen LogP contribution >= 0.6 is 0 Å². The third-order valence-electron chi connectivity index (χ3n) is 5.00. The van der Waals surface area contributed by atoms with Gasteiger partial charge in [0.15, 0.2) is 0 Å². The average Bonchev–Trinajstić information content (AvgIpc) is 2.69. The lowest BCUT2D eigenvalue weighted by Gasteiger charge is -2.38. The molecule has 0 aromatic heterocycles. The van der Waals surface area contributed by atoms with Crippen molar-refractivity contribution < 1.29 is 22.7 Å². The van der Waals surface area contributed by atoms with Gasteiger partial charge in [-0.2, -0.15) is 13.2 Å². The van der Waals surface area contributed by atoms with E-state index >= 15 is 0 Å². The molecular formula is C21H23F3N2O2. The Morgan fingerprint density at radius 3 is 2.43 bits per heavy atom. The maximum atomic E-state index is 13.3. The van der Waals surface area contributed by atoms with Gasteiger partial charge < -0.3 is 10.1 Å². The van der Waals surface area contributed by atoms with Crippen LogP contribution in [0.4, 0.5) is 18.9 Å². The van der Waals surface area contributed by atoms with E-state index in [-0.39, 0.29) is 18.9 Å². The zero-order valence-electron chi connectivity index (χ0n) is 15.6. The van der Waals surface area contributed by atoms with Gasteiger partial charge >= 0.3 is 6.18 Å². The van der Waals surface area contributed by atoms with Crippen molar-refractivity contribution >= 4 is 11.6 Å². The summed E-state index contributed by atoms with van der Waals surface area (Å²) in [5.41, 5.74) is 1.24. The summed E-state index contributed by atoms with van der Waals surface area (Å²) in [4.78, 5) is 14.7. The summed E-state index contributed by atoms with van der Waals surface area (Å²) in [6.45, 7) is 0.265. The van der Waals surface area contributed by atoms with E-state index in [1.165, 1.54) is 0 Å². The van der Waals surface area contributed by atoms with Crippen LogP contribution in [-0.4, -0.2) is 37.2 Å². The number of halogens is 3. The summed E-state index contributed by atoms with van der Waals surface area (Å²) in [6.07, 6.45) is -3.75. The van der Waals surface area contributed by atoms with Gasteiger partial charge in [0.25, 0.3) is 0 Å². The number of hydrogen-bond acceptors (Lipinski definition) is 3. The van der Waals surface area contributed by atoms with Gasteiger partial charge in [-0.05, 0) is 49.2 Å². The van der Waals surface area contributed by atoms with Crippen molar-refractivity contribution in [2.75, 3.05) is 25.5 Å². The van der Waals surface area contributed by atoms with Crippen molar-refractivity contribution in [3.63, 3.8) is 0 Å². The zero-order chi connectivity index (χ0) is 20.1. The summed E-state index contributed by atoms with van der Waals surface area (Å²) >= 11 is 0. The molecule has 0 radical (unpaired) electrons. The molecule has 150 valence electrons. The van der Waals surface area contributed by atoms with Gasteiger partial charge in [0.2, 0.25) is 5.91 Å². The van der Waals surface area contributed by atoms with E-state index in [1.54, 1.807) is 60.5 Å². The van der Waals surface area contributed by atoms with Crippen LogP contribution in [0.5, 0.6) is 5.75 Å². The van der Waals surface area contributed by atoms with Crippen LogP contribution in [0.1, 0.15) is 24.4 Å². The van der Waals surface area contributed by atoms with E-state index in [0.29, 0.717) is 30.0 Å². The summed E-state index contributed by atoms with van der Waals surface area (Å²) in [7, 11) is 1.55. The molecule has 7 heteroatoms. The maximum Gasteiger partial charge on any atom is 0.393 e. The highest BCUT2D eigenvalue weighted by atomic mass is 19.4. The Balaban J connectivity index is 1.83. The Labute approximate surface area is 162 Å². The molecule has 4 nitrogen and oxygen atoms in total. The first-order valence-corrected chi connectivity index (χ1v) is 9.19. The molecule has 28 heavy (non-hydrogen) atoms. The number of alkyl halides is 3. The molecule has 0 bridgehead atoms. The molecule has 1 aliphatic rings. The first-order chi connectivity index (χ1) is 13.4. The number of hydrogen-bond donors (Lipinski definition) is 1. The van der Waals surface area contributed by atoms with Crippen molar-refractivity contribution in [2.45, 2.75) is 25.1 Å². The molecule has 2 atom stereocenters. The van der Waals surface area contributed by atoms with Crippen LogP contribution < -0.4 is 10.1 Å². The lowest BCUT2D eigenvalue weighted by Crippen LogP contribution is -2.46. The second-order valence-electron chi connectivity index (χ2n) is 6.91. The quantitative estimate of drug-likeness (QED) is 0.805. The zero-order valence-corrected chi connectivity index (χ0v) is 15.6. The number of anilines is 1. The Kier molecular flexibility index (Phi) is 6.24. The SMILES string of the molecule is COc1ccc(NC(=O)[C@@H](c2ccccc2)N2CCC[C@@H](C(F)(F)F)C2)cc1. The molecule has 1 fully saturated rings. The van der Waals surface area contributed by atoms with E-state index in [0.717, 1.165) is 0 Å². The molecule has 3 rings (SSSR count). The molecule has 1 N–H and O–H groups in total. The van der Waals surface area contributed by atoms with Crippen molar-refractivity contribution in [2.24, 2.45) is 5.92 Å². The average molecular weight is 392 g/mol. The molecule has 2 aromatic rings. The highest BCUT2D eigenvalue weighted by Gasteiger charge is 2.44. The number of likely N-dealkylation sites (tertiary alicyclic amines) is 1. The molecule has 0 unspecified atom stereocenters. The molecule has 1 aliphatic heterocycles. The number of rotatable bonds is 5. The van der Waals surface area contributed by atoms with Crippen molar-refractivity contribution in [3.05, 3.63) is 60.2 Å². The van der Waals surface area contributed by atoms with Crippen LogP contribution in [0.3, 0.4) is 0 Å². The van der Waals surface area contributed by atoms with Gasteiger partial charge in [0, 0.05) is 12.2 Å². The van der Waals surface area contributed by atoms with Gasteiger partial charge in [0.05, 0.1) is 13.0 Å². The van der Waals surface area contributed by atoms with Crippen LogP contribution in [0, 0.1) is 5.92 Å². The largest absolute Gasteiger partial charge is 0.497 e. The highest BCUT2D eigenvalue weighted by molar-refractivity contribution is 5.95. The first kappa shape index (κ1) is 20.2. The predicted molar refractivity (Wildman–Crippen MR) is 101 cm³/mol. The topological polar surface area (TPSA) is 41.6 Å². The molecule has 0 aliphatic carbocycles. The summed E-state index contributed by atoms with van der Waals surface area (Å²) in [6, 6.07) is 15.0. The smallest absolute Gasteiger partial charge is 0.393 e. The summed E-state index contributed by atoms with van der Waals surface area (Å²) in [5, 5.41) is 2.83. The molecule has 2 aromatic carbocycles. The van der Waals surface area contributed by atoms with Gasteiger partial charge in [0.1, 0.15) is 11.8 Å². The summed E-state index contributed by atoms with van der Waals surface area (Å²) < 4.78 is 44.9. The van der Waals surface area contributed by atoms with Crippen LogP contribution in [0.25, 0.3) is 0 Å². The summed E-state index contributed by atoms with van der Waals surface area (Å²) in [5.74, 6) is -1.11. The van der Waals surface area contributed by atoms with E-state index in [2.05, 4.69) is 5.32 Å². The number of benzene rings is 2. The van der Waals surface area contributed by atoms with E-state index < -0.39 is 18.1 Å². The number of carbonyl (C=O) groups excluding carboxylic acids is 1. The number of amides is 1. The minimum Gasteiger partial charge on any atom is -0.497 e.